The van der Waals surface area contributed by atoms with E-state index in [0.29, 0.717) is 23.4 Å². The molecular formula is C17H17NO3. The lowest BCUT2D eigenvalue weighted by molar-refractivity contribution is 0.101. The Labute approximate surface area is 123 Å². The maximum atomic E-state index is 12.1. The number of Topliss-reactive ketones (excluding diaryl/α,β-unsaturated/α-hetero) is 1. The summed E-state index contributed by atoms with van der Waals surface area (Å²) in [6.07, 6.45) is 0. The molecule has 108 valence electrons. The van der Waals surface area contributed by atoms with Crippen LogP contribution in [-0.2, 0) is 0 Å². The van der Waals surface area contributed by atoms with Crippen LogP contribution in [0.25, 0.3) is 0 Å². The van der Waals surface area contributed by atoms with Crippen LogP contribution in [0.1, 0.15) is 34.6 Å². The number of amides is 1. The lowest BCUT2D eigenvalue weighted by atomic mass is 10.1. The van der Waals surface area contributed by atoms with Gasteiger partial charge in [-0.25, -0.2) is 0 Å². The number of ether oxygens (including phenoxy) is 1. The summed E-state index contributed by atoms with van der Waals surface area (Å²) >= 11 is 0. The van der Waals surface area contributed by atoms with Gasteiger partial charge in [-0.3, -0.25) is 9.59 Å². The van der Waals surface area contributed by atoms with Crippen molar-refractivity contribution < 1.29 is 14.3 Å². The molecule has 0 aliphatic carbocycles. The summed E-state index contributed by atoms with van der Waals surface area (Å²) in [5.74, 6) is 0.471. The van der Waals surface area contributed by atoms with E-state index in [4.69, 9.17) is 4.74 Å². The van der Waals surface area contributed by atoms with Gasteiger partial charge in [0.05, 0.1) is 6.61 Å². The van der Waals surface area contributed by atoms with Gasteiger partial charge in [-0.05, 0) is 50.2 Å². The highest BCUT2D eigenvalue weighted by atomic mass is 16.5. The Kier molecular flexibility index (Phi) is 4.72. The lowest BCUT2D eigenvalue weighted by Gasteiger charge is -2.07. The fourth-order valence-corrected chi connectivity index (χ4v) is 1.89. The number of hydrogen-bond donors (Lipinski definition) is 1. The van der Waals surface area contributed by atoms with Gasteiger partial charge in [0.15, 0.2) is 5.78 Å². The van der Waals surface area contributed by atoms with Crippen LogP contribution < -0.4 is 10.1 Å². The predicted molar refractivity (Wildman–Crippen MR) is 82.0 cm³/mol. The van der Waals surface area contributed by atoms with Crippen molar-refractivity contribution in [2.75, 3.05) is 11.9 Å². The van der Waals surface area contributed by atoms with Crippen molar-refractivity contribution in [2.24, 2.45) is 0 Å². The predicted octanol–water partition coefficient (Wildman–Crippen LogP) is 3.54. The Morgan fingerprint density at radius 1 is 1.05 bits per heavy atom. The third-order valence-electron chi connectivity index (χ3n) is 2.95. The summed E-state index contributed by atoms with van der Waals surface area (Å²) in [4.78, 5) is 23.5. The molecular weight excluding hydrogens is 266 g/mol. The lowest BCUT2D eigenvalue weighted by Crippen LogP contribution is -2.12. The molecule has 0 bridgehead atoms. The van der Waals surface area contributed by atoms with Gasteiger partial charge in [0, 0.05) is 16.8 Å². The minimum atomic E-state index is -0.223. The van der Waals surface area contributed by atoms with E-state index in [1.54, 1.807) is 48.5 Å². The fraction of sp³-hybridized carbons (Fsp3) is 0.176. The van der Waals surface area contributed by atoms with E-state index in [2.05, 4.69) is 5.32 Å². The van der Waals surface area contributed by atoms with Crippen molar-refractivity contribution in [3.8, 4) is 5.75 Å². The molecule has 21 heavy (non-hydrogen) atoms. The minimum Gasteiger partial charge on any atom is -0.494 e. The molecule has 0 heterocycles. The molecule has 0 aromatic heterocycles. The Morgan fingerprint density at radius 3 is 2.38 bits per heavy atom. The molecule has 1 amide bonds. The maximum Gasteiger partial charge on any atom is 0.255 e. The second-order valence-corrected chi connectivity index (χ2v) is 4.55. The second-order valence-electron chi connectivity index (χ2n) is 4.55. The van der Waals surface area contributed by atoms with Crippen LogP contribution in [-0.4, -0.2) is 18.3 Å². The number of nitrogens with one attached hydrogen (secondary N) is 1. The van der Waals surface area contributed by atoms with Crippen LogP contribution >= 0.6 is 0 Å². The molecule has 0 saturated carbocycles. The van der Waals surface area contributed by atoms with E-state index in [9.17, 15) is 9.59 Å². The Hall–Kier alpha value is -2.62. The number of anilines is 1. The van der Waals surface area contributed by atoms with Gasteiger partial charge in [0.1, 0.15) is 5.75 Å². The van der Waals surface area contributed by atoms with Crippen molar-refractivity contribution in [1.29, 1.82) is 0 Å². The summed E-state index contributed by atoms with van der Waals surface area (Å²) in [6, 6.07) is 13.8. The van der Waals surface area contributed by atoms with Crippen LogP contribution in [0.15, 0.2) is 48.5 Å². The third-order valence-corrected chi connectivity index (χ3v) is 2.95. The topological polar surface area (TPSA) is 55.4 Å². The van der Waals surface area contributed by atoms with Gasteiger partial charge in [-0.15, -0.1) is 0 Å². The van der Waals surface area contributed by atoms with Gasteiger partial charge in [0.2, 0.25) is 0 Å². The standard InChI is InChI=1S/C17H17NO3/c1-3-21-16-9-7-13(8-10-16)17(20)18-15-6-4-5-14(11-15)12(2)19/h4-11H,3H2,1-2H3,(H,18,20). The molecule has 2 rings (SSSR count). The normalized spacial score (nSPS) is 10.0. The smallest absolute Gasteiger partial charge is 0.255 e. The van der Waals surface area contributed by atoms with Crippen LogP contribution in [0, 0.1) is 0 Å². The van der Waals surface area contributed by atoms with Gasteiger partial charge < -0.3 is 10.1 Å². The van der Waals surface area contributed by atoms with Gasteiger partial charge in [0.25, 0.3) is 5.91 Å². The first kappa shape index (κ1) is 14.8. The van der Waals surface area contributed by atoms with E-state index in [-0.39, 0.29) is 11.7 Å². The molecule has 0 fully saturated rings. The van der Waals surface area contributed by atoms with E-state index < -0.39 is 0 Å². The molecule has 0 saturated heterocycles. The molecule has 0 unspecified atom stereocenters. The number of rotatable bonds is 5. The first-order valence-corrected chi connectivity index (χ1v) is 6.75. The molecule has 2 aromatic carbocycles. The molecule has 4 heteroatoms. The number of benzene rings is 2. The molecule has 0 radical (unpaired) electrons. The number of hydrogen-bond acceptors (Lipinski definition) is 3. The largest absolute Gasteiger partial charge is 0.494 e. The number of carbonyl (C=O) groups is 2. The van der Waals surface area contributed by atoms with Crippen molar-refractivity contribution >= 4 is 17.4 Å². The first-order chi connectivity index (χ1) is 10.1. The summed E-state index contributed by atoms with van der Waals surface area (Å²) in [5, 5.41) is 2.77. The Balaban J connectivity index is 2.10. The monoisotopic (exact) mass is 283 g/mol. The van der Waals surface area contributed by atoms with E-state index in [1.165, 1.54) is 6.92 Å². The van der Waals surface area contributed by atoms with E-state index in [1.807, 2.05) is 6.92 Å². The SMILES string of the molecule is CCOc1ccc(C(=O)Nc2cccc(C(C)=O)c2)cc1. The Morgan fingerprint density at radius 2 is 1.76 bits per heavy atom. The van der Waals surface area contributed by atoms with E-state index in [0.717, 1.165) is 5.75 Å². The van der Waals surface area contributed by atoms with Crippen molar-refractivity contribution in [1.82, 2.24) is 0 Å². The molecule has 0 aliphatic rings. The summed E-state index contributed by atoms with van der Waals surface area (Å²) in [6.45, 7) is 3.99. The van der Waals surface area contributed by atoms with Crippen molar-refractivity contribution in [2.45, 2.75) is 13.8 Å². The second kappa shape index (κ2) is 6.70. The summed E-state index contributed by atoms with van der Waals surface area (Å²) in [7, 11) is 0. The average molecular weight is 283 g/mol. The minimum absolute atomic E-state index is 0.0350. The zero-order chi connectivity index (χ0) is 15.2. The molecule has 0 aliphatic heterocycles. The van der Waals surface area contributed by atoms with Crippen LogP contribution in [0.3, 0.4) is 0 Å². The maximum absolute atomic E-state index is 12.1. The number of carbonyl (C=O) groups excluding carboxylic acids is 2. The molecule has 0 atom stereocenters. The van der Waals surface area contributed by atoms with Crippen LogP contribution in [0.4, 0.5) is 5.69 Å². The van der Waals surface area contributed by atoms with E-state index >= 15 is 0 Å². The zero-order valence-electron chi connectivity index (χ0n) is 12.1. The zero-order valence-corrected chi connectivity index (χ0v) is 12.1. The quantitative estimate of drug-likeness (QED) is 0.854. The average Bonchev–Trinajstić information content (AvgIpc) is 2.48. The molecule has 0 spiro atoms. The van der Waals surface area contributed by atoms with Crippen molar-refractivity contribution in [3.05, 3.63) is 59.7 Å². The van der Waals surface area contributed by atoms with Crippen LogP contribution in [0.5, 0.6) is 5.75 Å². The highest BCUT2D eigenvalue weighted by Crippen LogP contribution is 2.15. The number of ketones is 1. The summed E-state index contributed by atoms with van der Waals surface area (Å²) in [5.41, 5.74) is 1.70. The highest BCUT2D eigenvalue weighted by Gasteiger charge is 2.07. The Bertz CT molecular complexity index is 647. The van der Waals surface area contributed by atoms with Gasteiger partial charge >= 0.3 is 0 Å². The van der Waals surface area contributed by atoms with Crippen molar-refractivity contribution in [3.63, 3.8) is 0 Å². The fourth-order valence-electron chi connectivity index (χ4n) is 1.89. The molecule has 1 N–H and O–H groups in total. The van der Waals surface area contributed by atoms with Gasteiger partial charge in [-0.2, -0.15) is 0 Å². The summed E-state index contributed by atoms with van der Waals surface area (Å²) < 4.78 is 5.33. The highest BCUT2D eigenvalue weighted by molar-refractivity contribution is 6.05. The van der Waals surface area contributed by atoms with Gasteiger partial charge in [-0.1, -0.05) is 12.1 Å². The third kappa shape index (κ3) is 3.92. The van der Waals surface area contributed by atoms with Crippen LogP contribution in [0.2, 0.25) is 0 Å². The molecule has 4 nitrogen and oxygen atoms in total. The first-order valence-electron chi connectivity index (χ1n) is 6.75. The molecule has 2 aromatic rings.